The van der Waals surface area contributed by atoms with Crippen LogP contribution >= 0.6 is 11.3 Å². The van der Waals surface area contributed by atoms with Gasteiger partial charge in [0.05, 0.1) is 0 Å². The molecule has 0 bridgehead atoms. The second kappa shape index (κ2) is 2.29. The van der Waals surface area contributed by atoms with Crippen LogP contribution in [0.25, 0.3) is 0 Å². The summed E-state index contributed by atoms with van der Waals surface area (Å²) in [6, 6.07) is 2.12. The van der Waals surface area contributed by atoms with E-state index in [1.54, 1.807) is 11.3 Å². The van der Waals surface area contributed by atoms with Gasteiger partial charge in [0.15, 0.2) is 0 Å². The fraction of sp³-hybridized carbons (Fsp3) is 0.333. The molecule has 0 fully saturated rings. The maximum absolute atomic E-state index is 5.37. The summed E-state index contributed by atoms with van der Waals surface area (Å²) in [5.74, 6) is 0. The molecule has 1 aromatic heterocycles. The Labute approximate surface area is 53.1 Å². The zero-order valence-corrected chi connectivity index (χ0v) is 5.66. The van der Waals surface area contributed by atoms with Gasteiger partial charge in [0.2, 0.25) is 0 Å². The van der Waals surface area contributed by atoms with Gasteiger partial charge in [0, 0.05) is 11.4 Å². The summed E-state index contributed by atoms with van der Waals surface area (Å²) in [5, 5.41) is 2.09. The van der Waals surface area contributed by atoms with Crippen molar-refractivity contribution in [3.05, 3.63) is 21.9 Å². The molecular weight excluding hydrogens is 118 g/mol. The molecule has 0 amide bonds. The van der Waals surface area contributed by atoms with E-state index < -0.39 is 0 Å². The highest BCUT2D eigenvalue weighted by molar-refractivity contribution is 7.10. The molecule has 1 nitrogen and oxygen atoms in total. The van der Waals surface area contributed by atoms with E-state index in [0.29, 0.717) is 6.54 Å². The van der Waals surface area contributed by atoms with Gasteiger partial charge in [-0.15, -0.1) is 11.3 Å². The second-order valence-corrected chi connectivity index (χ2v) is 2.89. The lowest BCUT2D eigenvalue weighted by molar-refractivity contribution is 1.08. The molecule has 0 aliphatic heterocycles. The summed E-state index contributed by atoms with van der Waals surface area (Å²) in [6.45, 7) is 2.76. The lowest BCUT2D eigenvalue weighted by atomic mass is 10.3. The van der Waals surface area contributed by atoms with Crippen molar-refractivity contribution in [2.75, 3.05) is 0 Å². The SMILES string of the molecule is Cc1cc(CN)cs1. The molecule has 1 rings (SSSR count). The van der Waals surface area contributed by atoms with Crippen LogP contribution in [0.2, 0.25) is 0 Å². The topological polar surface area (TPSA) is 26.0 Å². The van der Waals surface area contributed by atoms with Crippen molar-refractivity contribution in [2.45, 2.75) is 13.5 Å². The Kier molecular flexibility index (Phi) is 1.65. The van der Waals surface area contributed by atoms with Gasteiger partial charge in [-0.2, -0.15) is 0 Å². The molecule has 0 aliphatic carbocycles. The van der Waals surface area contributed by atoms with Crippen LogP contribution in [-0.4, -0.2) is 0 Å². The predicted molar refractivity (Wildman–Crippen MR) is 36.9 cm³/mol. The van der Waals surface area contributed by atoms with Crippen LogP contribution in [0.15, 0.2) is 11.4 Å². The van der Waals surface area contributed by atoms with E-state index in [-0.39, 0.29) is 0 Å². The second-order valence-electron chi connectivity index (χ2n) is 1.77. The highest BCUT2D eigenvalue weighted by atomic mass is 32.1. The minimum atomic E-state index is 0.671. The van der Waals surface area contributed by atoms with Gasteiger partial charge in [0.25, 0.3) is 0 Å². The van der Waals surface area contributed by atoms with Crippen LogP contribution in [0.5, 0.6) is 0 Å². The average molecular weight is 127 g/mol. The van der Waals surface area contributed by atoms with Gasteiger partial charge >= 0.3 is 0 Å². The maximum Gasteiger partial charge on any atom is 0.0186 e. The lowest BCUT2D eigenvalue weighted by Crippen LogP contribution is -1.92. The highest BCUT2D eigenvalue weighted by Gasteiger charge is 1.89. The van der Waals surface area contributed by atoms with E-state index in [4.69, 9.17) is 5.73 Å². The summed E-state index contributed by atoms with van der Waals surface area (Å²) in [5.41, 5.74) is 6.61. The first-order chi connectivity index (χ1) is 3.83. The summed E-state index contributed by atoms with van der Waals surface area (Å²) in [4.78, 5) is 1.34. The van der Waals surface area contributed by atoms with Crippen molar-refractivity contribution in [2.24, 2.45) is 5.73 Å². The lowest BCUT2D eigenvalue weighted by Gasteiger charge is -1.81. The van der Waals surface area contributed by atoms with Crippen LogP contribution < -0.4 is 5.73 Å². The van der Waals surface area contributed by atoms with Crippen molar-refractivity contribution in [1.29, 1.82) is 0 Å². The molecule has 1 aromatic rings. The number of rotatable bonds is 1. The summed E-state index contributed by atoms with van der Waals surface area (Å²) < 4.78 is 0. The van der Waals surface area contributed by atoms with Crippen LogP contribution in [0, 0.1) is 6.92 Å². The van der Waals surface area contributed by atoms with Crippen molar-refractivity contribution in [1.82, 2.24) is 0 Å². The third-order valence-electron chi connectivity index (χ3n) is 1.02. The fourth-order valence-electron chi connectivity index (χ4n) is 0.605. The van der Waals surface area contributed by atoms with Gasteiger partial charge in [-0.25, -0.2) is 0 Å². The van der Waals surface area contributed by atoms with Gasteiger partial charge in [0.1, 0.15) is 0 Å². The zero-order chi connectivity index (χ0) is 5.98. The smallest absolute Gasteiger partial charge is 0.0186 e. The molecule has 44 valence electrons. The van der Waals surface area contributed by atoms with Crippen LogP contribution in [0.3, 0.4) is 0 Å². The Morgan fingerprint density at radius 3 is 2.75 bits per heavy atom. The van der Waals surface area contributed by atoms with Gasteiger partial charge in [-0.1, -0.05) is 0 Å². The van der Waals surface area contributed by atoms with Gasteiger partial charge in [-0.05, 0) is 23.9 Å². The van der Waals surface area contributed by atoms with E-state index in [0.717, 1.165) is 0 Å². The molecule has 0 aromatic carbocycles. The Balaban J connectivity index is 2.84. The van der Waals surface area contributed by atoms with Crippen molar-refractivity contribution < 1.29 is 0 Å². The summed E-state index contributed by atoms with van der Waals surface area (Å²) >= 11 is 1.75. The summed E-state index contributed by atoms with van der Waals surface area (Å²) in [6.07, 6.45) is 0. The average Bonchev–Trinajstić information content (AvgIpc) is 2.14. The molecule has 1 heterocycles. The Hall–Kier alpha value is -0.340. The third-order valence-corrected chi connectivity index (χ3v) is 1.93. The number of hydrogen-bond acceptors (Lipinski definition) is 2. The molecule has 0 atom stereocenters. The molecule has 2 N–H and O–H groups in total. The normalized spacial score (nSPS) is 9.75. The molecule has 2 heteroatoms. The third kappa shape index (κ3) is 1.08. The van der Waals surface area contributed by atoms with Crippen LogP contribution in [-0.2, 0) is 6.54 Å². The molecule has 0 spiro atoms. The van der Waals surface area contributed by atoms with E-state index in [1.807, 2.05) is 0 Å². The minimum absolute atomic E-state index is 0.671. The van der Waals surface area contributed by atoms with Crippen molar-refractivity contribution in [3.63, 3.8) is 0 Å². The van der Waals surface area contributed by atoms with E-state index in [1.165, 1.54) is 10.4 Å². The van der Waals surface area contributed by atoms with Crippen LogP contribution in [0.4, 0.5) is 0 Å². The number of thiophene rings is 1. The first-order valence-electron chi connectivity index (χ1n) is 2.57. The van der Waals surface area contributed by atoms with E-state index >= 15 is 0 Å². The first kappa shape index (κ1) is 5.79. The Morgan fingerprint density at radius 2 is 2.50 bits per heavy atom. The Bertz CT molecular complexity index is 169. The van der Waals surface area contributed by atoms with Gasteiger partial charge in [-0.3, -0.25) is 0 Å². The zero-order valence-electron chi connectivity index (χ0n) is 4.85. The number of aryl methyl sites for hydroxylation is 1. The molecule has 0 unspecified atom stereocenters. The first-order valence-corrected chi connectivity index (χ1v) is 3.45. The fourth-order valence-corrected chi connectivity index (χ4v) is 1.33. The number of nitrogens with two attached hydrogens (primary N) is 1. The quantitative estimate of drug-likeness (QED) is 0.608. The Morgan fingerprint density at radius 1 is 1.75 bits per heavy atom. The maximum atomic E-state index is 5.37. The largest absolute Gasteiger partial charge is 0.326 e. The van der Waals surface area contributed by atoms with Crippen LogP contribution in [0.1, 0.15) is 10.4 Å². The minimum Gasteiger partial charge on any atom is -0.326 e. The summed E-state index contributed by atoms with van der Waals surface area (Å²) in [7, 11) is 0. The number of hydrogen-bond donors (Lipinski definition) is 1. The molecule has 0 aliphatic rings. The molecule has 8 heavy (non-hydrogen) atoms. The monoisotopic (exact) mass is 127 g/mol. The molecule has 0 saturated heterocycles. The molecule has 0 saturated carbocycles. The van der Waals surface area contributed by atoms with E-state index in [2.05, 4.69) is 18.4 Å². The van der Waals surface area contributed by atoms with E-state index in [9.17, 15) is 0 Å². The van der Waals surface area contributed by atoms with Gasteiger partial charge < -0.3 is 5.73 Å². The van der Waals surface area contributed by atoms with Crippen molar-refractivity contribution in [3.8, 4) is 0 Å². The predicted octanol–water partition coefficient (Wildman–Crippen LogP) is 1.52. The highest BCUT2D eigenvalue weighted by Crippen LogP contribution is 2.11. The molecular formula is C6H9NS. The molecule has 0 radical (unpaired) electrons. The standard InChI is InChI=1S/C6H9NS/c1-5-2-6(3-7)4-8-5/h2,4H,3,7H2,1H3. The van der Waals surface area contributed by atoms with Crippen molar-refractivity contribution >= 4 is 11.3 Å².